The molecule has 1 atom stereocenters. The highest BCUT2D eigenvalue weighted by Gasteiger charge is 2.24. The van der Waals surface area contributed by atoms with Gasteiger partial charge in [-0.15, -0.1) is 11.3 Å². The Hall–Kier alpha value is -2.51. The van der Waals surface area contributed by atoms with Gasteiger partial charge in [0.05, 0.1) is 24.1 Å². The van der Waals surface area contributed by atoms with E-state index in [2.05, 4.69) is 27.5 Å². The quantitative estimate of drug-likeness (QED) is 0.529. The van der Waals surface area contributed by atoms with Gasteiger partial charge in [-0.2, -0.15) is 0 Å². The number of hydrogen-bond donors (Lipinski definition) is 0. The third kappa shape index (κ3) is 5.31. The maximum Gasteiger partial charge on any atom is 0.224 e. The molecule has 0 aliphatic carbocycles. The summed E-state index contributed by atoms with van der Waals surface area (Å²) in [6.45, 7) is 2.12. The Kier molecular flexibility index (Phi) is 6.69. The third-order valence-electron chi connectivity index (χ3n) is 5.05. The normalized spacial score (nSPS) is 16.8. The molecular formula is C22H25N3O3S. The van der Waals surface area contributed by atoms with E-state index < -0.39 is 0 Å². The SMILES string of the molecule is O=C(CCCCc1cccs1)N1CCOC(COc2ncnc3ccccc23)C1. The number of aryl methyl sites for hydroxylation is 1. The number of unbranched alkanes of at least 4 members (excludes halogenated alkanes) is 1. The number of aromatic nitrogens is 2. The Morgan fingerprint density at radius 3 is 3.03 bits per heavy atom. The second kappa shape index (κ2) is 9.80. The molecule has 1 unspecified atom stereocenters. The van der Waals surface area contributed by atoms with Crippen LogP contribution in [0.1, 0.15) is 24.1 Å². The first-order valence-corrected chi connectivity index (χ1v) is 10.9. The van der Waals surface area contributed by atoms with E-state index in [0.29, 0.717) is 38.6 Å². The number of rotatable bonds is 8. The average Bonchev–Trinajstić information content (AvgIpc) is 3.29. The number of nitrogens with zero attached hydrogens (tertiary/aromatic N) is 3. The number of thiophene rings is 1. The number of ether oxygens (including phenoxy) is 2. The van der Waals surface area contributed by atoms with Crippen molar-refractivity contribution >= 4 is 28.1 Å². The highest BCUT2D eigenvalue weighted by molar-refractivity contribution is 7.09. The van der Waals surface area contributed by atoms with Gasteiger partial charge in [-0.3, -0.25) is 4.79 Å². The van der Waals surface area contributed by atoms with E-state index in [1.807, 2.05) is 29.2 Å². The van der Waals surface area contributed by atoms with Crippen LogP contribution < -0.4 is 4.74 Å². The first kappa shape index (κ1) is 19.8. The van der Waals surface area contributed by atoms with E-state index in [9.17, 15) is 4.79 Å². The number of carbonyl (C=O) groups excluding carboxylic acids is 1. The van der Waals surface area contributed by atoms with Crippen LogP contribution in [0.4, 0.5) is 0 Å². The molecule has 2 aromatic heterocycles. The molecule has 1 aliphatic heterocycles. The maximum absolute atomic E-state index is 12.6. The van der Waals surface area contributed by atoms with Crippen molar-refractivity contribution in [2.75, 3.05) is 26.3 Å². The molecule has 3 aromatic rings. The highest BCUT2D eigenvalue weighted by atomic mass is 32.1. The van der Waals surface area contributed by atoms with Crippen molar-refractivity contribution in [3.05, 3.63) is 53.0 Å². The van der Waals surface area contributed by atoms with E-state index >= 15 is 0 Å². The lowest BCUT2D eigenvalue weighted by Gasteiger charge is -2.32. The highest BCUT2D eigenvalue weighted by Crippen LogP contribution is 2.21. The minimum Gasteiger partial charge on any atom is -0.474 e. The van der Waals surface area contributed by atoms with Crippen LogP contribution in [0.15, 0.2) is 48.1 Å². The van der Waals surface area contributed by atoms with Crippen LogP contribution >= 0.6 is 11.3 Å². The predicted molar refractivity (Wildman–Crippen MR) is 113 cm³/mol. The van der Waals surface area contributed by atoms with Gasteiger partial charge >= 0.3 is 0 Å². The van der Waals surface area contributed by atoms with Gasteiger partial charge in [0.2, 0.25) is 11.8 Å². The zero-order chi connectivity index (χ0) is 19.9. The molecule has 29 heavy (non-hydrogen) atoms. The summed E-state index contributed by atoms with van der Waals surface area (Å²) in [5.41, 5.74) is 0.849. The Morgan fingerprint density at radius 1 is 1.21 bits per heavy atom. The number of benzene rings is 1. The van der Waals surface area contributed by atoms with Crippen LogP contribution in [0.25, 0.3) is 10.9 Å². The molecule has 0 radical (unpaired) electrons. The average molecular weight is 412 g/mol. The summed E-state index contributed by atoms with van der Waals surface area (Å²) in [6, 6.07) is 12.0. The van der Waals surface area contributed by atoms with Gasteiger partial charge in [0.25, 0.3) is 0 Å². The summed E-state index contributed by atoms with van der Waals surface area (Å²) in [5, 5.41) is 2.98. The summed E-state index contributed by atoms with van der Waals surface area (Å²) in [5.74, 6) is 0.758. The number of amides is 1. The lowest BCUT2D eigenvalue weighted by atomic mass is 10.1. The molecule has 152 valence electrons. The van der Waals surface area contributed by atoms with Gasteiger partial charge in [0.15, 0.2) is 0 Å². The van der Waals surface area contributed by atoms with Gasteiger partial charge in [-0.05, 0) is 42.8 Å². The standard InChI is InChI=1S/C22H25N3O3S/c26-21(10-4-1-6-18-7-5-13-29-18)25-11-12-27-17(14-25)15-28-22-19-8-2-3-9-20(19)23-16-24-22/h2-3,5,7-9,13,16-17H,1,4,6,10-12,14-15H2. The van der Waals surface area contributed by atoms with E-state index in [4.69, 9.17) is 9.47 Å². The van der Waals surface area contributed by atoms with Crippen LogP contribution in [0.3, 0.4) is 0 Å². The number of hydrogen-bond acceptors (Lipinski definition) is 6. The van der Waals surface area contributed by atoms with Gasteiger partial charge in [-0.25, -0.2) is 9.97 Å². The third-order valence-corrected chi connectivity index (χ3v) is 5.98. The Labute approximate surface area is 174 Å². The smallest absolute Gasteiger partial charge is 0.224 e. The lowest BCUT2D eigenvalue weighted by molar-refractivity contribution is -0.140. The second-order valence-electron chi connectivity index (χ2n) is 7.13. The van der Waals surface area contributed by atoms with Crippen molar-refractivity contribution < 1.29 is 14.3 Å². The van der Waals surface area contributed by atoms with Crippen LogP contribution in [-0.2, 0) is 16.0 Å². The predicted octanol–water partition coefficient (Wildman–Crippen LogP) is 3.71. The van der Waals surface area contributed by atoms with Crippen molar-refractivity contribution in [3.63, 3.8) is 0 Å². The maximum atomic E-state index is 12.6. The van der Waals surface area contributed by atoms with Crippen molar-refractivity contribution in [2.45, 2.75) is 31.8 Å². The fraction of sp³-hybridized carbons (Fsp3) is 0.409. The van der Waals surface area contributed by atoms with E-state index in [1.54, 1.807) is 11.3 Å². The lowest BCUT2D eigenvalue weighted by Crippen LogP contribution is -2.47. The fourth-order valence-electron chi connectivity index (χ4n) is 3.50. The first-order chi connectivity index (χ1) is 14.3. The monoisotopic (exact) mass is 411 g/mol. The second-order valence-corrected chi connectivity index (χ2v) is 8.16. The fourth-order valence-corrected chi connectivity index (χ4v) is 4.25. The van der Waals surface area contributed by atoms with Crippen LogP contribution in [0.5, 0.6) is 5.88 Å². The molecule has 1 fully saturated rings. The molecule has 4 rings (SSSR count). The molecule has 3 heterocycles. The Balaban J connectivity index is 1.24. The Bertz CT molecular complexity index is 927. The van der Waals surface area contributed by atoms with E-state index in [0.717, 1.165) is 30.2 Å². The van der Waals surface area contributed by atoms with Crippen molar-refractivity contribution in [2.24, 2.45) is 0 Å². The van der Waals surface area contributed by atoms with Gasteiger partial charge in [-0.1, -0.05) is 18.2 Å². The molecule has 0 bridgehead atoms. The number of fused-ring (bicyclic) bond motifs is 1. The minimum atomic E-state index is -0.146. The molecule has 1 saturated heterocycles. The van der Waals surface area contributed by atoms with Crippen LogP contribution in [0, 0.1) is 0 Å². The first-order valence-electron chi connectivity index (χ1n) is 10.0. The summed E-state index contributed by atoms with van der Waals surface area (Å²) >= 11 is 1.78. The number of carbonyl (C=O) groups is 1. The molecule has 7 heteroatoms. The van der Waals surface area contributed by atoms with Crippen molar-refractivity contribution in [3.8, 4) is 5.88 Å². The van der Waals surface area contributed by atoms with Crippen molar-refractivity contribution in [1.82, 2.24) is 14.9 Å². The molecule has 6 nitrogen and oxygen atoms in total. The summed E-state index contributed by atoms with van der Waals surface area (Å²) < 4.78 is 11.7. The van der Waals surface area contributed by atoms with Gasteiger partial charge in [0.1, 0.15) is 19.0 Å². The summed E-state index contributed by atoms with van der Waals surface area (Å²) in [6.07, 6.45) is 4.97. The van der Waals surface area contributed by atoms with Crippen LogP contribution in [-0.4, -0.2) is 53.2 Å². The summed E-state index contributed by atoms with van der Waals surface area (Å²) in [7, 11) is 0. The molecule has 0 N–H and O–H groups in total. The topological polar surface area (TPSA) is 64.6 Å². The molecular weight excluding hydrogens is 386 g/mol. The zero-order valence-electron chi connectivity index (χ0n) is 16.3. The Morgan fingerprint density at radius 2 is 2.14 bits per heavy atom. The zero-order valence-corrected chi connectivity index (χ0v) is 17.1. The number of para-hydroxylation sites is 1. The molecule has 0 spiro atoms. The molecule has 1 aliphatic rings. The van der Waals surface area contributed by atoms with E-state index in [1.165, 1.54) is 11.2 Å². The van der Waals surface area contributed by atoms with Crippen LogP contribution in [0.2, 0.25) is 0 Å². The number of morpholine rings is 1. The van der Waals surface area contributed by atoms with E-state index in [-0.39, 0.29) is 12.0 Å². The van der Waals surface area contributed by atoms with Crippen molar-refractivity contribution in [1.29, 1.82) is 0 Å². The largest absolute Gasteiger partial charge is 0.474 e. The molecule has 0 saturated carbocycles. The summed E-state index contributed by atoms with van der Waals surface area (Å²) in [4.78, 5) is 24.4. The minimum absolute atomic E-state index is 0.146. The molecule has 1 amide bonds. The van der Waals surface area contributed by atoms with Gasteiger partial charge in [0, 0.05) is 17.8 Å². The van der Waals surface area contributed by atoms with Gasteiger partial charge < -0.3 is 14.4 Å². The molecule has 1 aromatic carbocycles.